The Morgan fingerprint density at radius 3 is 2.41 bits per heavy atom. The van der Waals surface area contributed by atoms with E-state index in [9.17, 15) is 14.4 Å². The van der Waals surface area contributed by atoms with Crippen molar-refractivity contribution in [2.24, 2.45) is 11.5 Å². The Balaban J connectivity index is 2.39. The van der Waals surface area contributed by atoms with Gasteiger partial charge in [0.15, 0.2) is 0 Å². The number of primary amides is 1. The van der Waals surface area contributed by atoms with Crippen molar-refractivity contribution >= 4 is 17.8 Å². The van der Waals surface area contributed by atoms with Crippen LogP contribution in [0.5, 0.6) is 0 Å². The summed E-state index contributed by atoms with van der Waals surface area (Å²) in [5.41, 5.74) is 11.5. The van der Waals surface area contributed by atoms with E-state index in [1.807, 2.05) is 30.3 Å². The van der Waals surface area contributed by atoms with E-state index >= 15 is 0 Å². The molecule has 1 aromatic rings. The highest BCUT2D eigenvalue weighted by Gasteiger charge is 2.21. The van der Waals surface area contributed by atoms with Gasteiger partial charge >= 0.3 is 5.97 Å². The van der Waals surface area contributed by atoms with Crippen LogP contribution in [0, 0.1) is 0 Å². The standard InChI is InChI=1S/C15H21N3O4/c1-10(16)15(21)18-12(14(17)20)7-8-13(19)22-9-11-5-3-2-4-6-11/h2-6,10,12H,7-9,16H2,1H3,(H2,17,20)(H,18,21)/t10-,12-/m0/s1. The van der Waals surface area contributed by atoms with Gasteiger partial charge in [-0.15, -0.1) is 0 Å². The third kappa shape index (κ3) is 6.36. The van der Waals surface area contributed by atoms with Gasteiger partial charge in [0.25, 0.3) is 0 Å². The Bertz CT molecular complexity index is 517. The summed E-state index contributed by atoms with van der Waals surface area (Å²) in [7, 11) is 0. The molecule has 0 aromatic heterocycles. The molecule has 5 N–H and O–H groups in total. The second kappa shape index (κ2) is 8.78. The van der Waals surface area contributed by atoms with Crippen molar-refractivity contribution in [3.05, 3.63) is 35.9 Å². The Kier molecular flexibility index (Phi) is 7.04. The van der Waals surface area contributed by atoms with Gasteiger partial charge < -0.3 is 21.5 Å². The summed E-state index contributed by atoms with van der Waals surface area (Å²) >= 11 is 0. The van der Waals surface area contributed by atoms with E-state index < -0.39 is 29.9 Å². The largest absolute Gasteiger partial charge is 0.461 e. The van der Waals surface area contributed by atoms with Gasteiger partial charge in [-0.25, -0.2) is 0 Å². The van der Waals surface area contributed by atoms with Crippen LogP contribution in [0.4, 0.5) is 0 Å². The summed E-state index contributed by atoms with van der Waals surface area (Å²) < 4.78 is 5.08. The third-order valence-corrected chi connectivity index (χ3v) is 2.95. The highest BCUT2D eigenvalue weighted by atomic mass is 16.5. The molecule has 22 heavy (non-hydrogen) atoms. The molecule has 0 radical (unpaired) electrons. The molecule has 0 unspecified atom stereocenters. The molecule has 2 amide bonds. The minimum absolute atomic E-state index is 0.0281. The van der Waals surface area contributed by atoms with Gasteiger partial charge in [-0.2, -0.15) is 0 Å². The van der Waals surface area contributed by atoms with Crippen LogP contribution in [0.3, 0.4) is 0 Å². The summed E-state index contributed by atoms with van der Waals surface area (Å²) in [5.74, 6) is -1.68. The van der Waals surface area contributed by atoms with Gasteiger partial charge in [0, 0.05) is 6.42 Å². The van der Waals surface area contributed by atoms with Crippen molar-refractivity contribution in [2.75, 3.05) is 0 Å². The maximum atomic E-state index is 11.7. The lowest BCUT2D eigenvalue weighted by molar-refractivity contribution is -0.145. The summed E-state index contributed by atoms with van der Waals surface area (Å²) in [6.07, 6.45) is 0.0427. The Hall–Kier alpha value is -2.41. The minimum Gasteiger partial charge on any atom is -0.461 e. The molecule has 120 valence electrons. The first-order valence-corrected chi connectivity index (χ1v) is 6.95. The topological polar surface area (TPSA) is 125 Å². The van der Waals surface area contributed by atoms with Crippen molar-refractivity contribution < 1.29 is 19.1 Å². The number of carbonyl (C=O) groups is 3. The van der Waals surface area contributed by atoms with Crippen molar-refractivity contribution in [3.63, 3.8) is 0 Å². The van der Waals surface area contributed by atoms with Gasteiger partial charge in [0.1, 0.15) is 12.6 Å². The molecule has 1 rings (SSSR count). The summed E-state index contributed by atoms with van der Waals surface area (Å²) in [4.78, 5) is 34.4. The average Bonchev–Trinajstić information content (AvgIpc) is 2.49. The summed E-state index contributed by atoms with van der Waals surface area (Å²) in [6, 6.07) is 7.52. The maximum Gasteiger partial charge on any atom is 0.306 e. The molecule has 0 aliphatic rings. The lowest BCUT2D eigenvalue weighted by Crippen LogP contribution is -2.49. The number of nitrogens with two attached hydrogens (primary N) is 2. The fourth-order valence-corrected chi connectivity index (χ4v) is 1.66. The summed E-state index contributed by atoms with van der Waals surface area (Å²) in [6.45, 7) is 1.65. The Morgan fingerprint density at radius 2 is 1.86 bits per heavy atom. The van der Waals surface area contributed by atoms with E-state index in [0.29, 0.717) is 0 Å². The first kappa shape index (κ1) is 17.6. The lowest BCUT2D eigenvalue weighted by atomic mass is 10.1. The molecule has 0 heterocycles. The first-order valence-electron chi connectivity index (χ1n) is 6.95. The quantitative estimate of drug-likeness (QED) is 0.575. The molecule has 0 saturated carbocycles. The van der Waals surface area contributed by atoms with E-state index in [1.54, 1.807) is 0 Å². The molecular weight excluding hydrogens is 286 g/mol. The SMILES string of the molecule is C[C@H](N)C(=O)N[C@@H](CCC(=O)OCc1ccccc1)C(N)=O. The molecular formula is C15H21N3O4. The van der Waals surface area contributed by atoms with Crippen LogP contribution in [0.15, 0.2) is 30.3 Å². The number of ether oxygens (including phenoxy) is 1. The van der Waals surface area contributed by atoms with E-state index in [1.165, 1.54) is 6.92 Å². The van der Waals surface area contributed by atoms with Crippen LogP contribution in [-0.2, 0) is 25.7 Å². The summed E-state index contributed by atoms with van der Waals surface area (Å²) in [5, 5.41) is 2.40. The number of nitrogens with one attached hydrogen (secondary N) is 1. The molecule has 0 aliphatic carbocycles. The predicted octanol–water partition coefficient (Wildman–Crippen LogP) is -0.173. The van der Waals surface area contributed by atoms with Crippen LogP contribution in [-0.4, -0.2) is 29.9 Å². The molecule has 0 spiro atoms. The van der Waals surface area contributed by atoms with Gasteiger partial charge in [0.05, 0.1) is 6.04 Å². The number of amides is 2. The van der Waals surface area contributed by atoms with E-state index in [0.717, 1.165) is 5.56 Å². The monoisotopic (exact) mass is 307 g/mol. The molecule has 1 aromatic carbocycles. The average molecular weight is 307 g/mol. The highest BCUT2D eigenvalue weighted by molar-refractivity contribution is 5.89. The van der Waals surface area contributed by atoms with Crippen LogP contribution in [0.25, 0.3) is 0 Å². The maximum absolute atomic E-state index is 11.7. The third-order valence-electron chi connectivity index (χ3n) is 2.95. The van der Waals surface area contributed by atoms with Gasteiger partial charge in [-0.05, 0) is 18.9 Å². The zero-order chi connectivity index (χ0) is 16.5. The number of benzene rings is 1. The Labute approximate surface area is 129 Å². The molecule has 2 atom stereocenters. The molecule has 7 nitrogen and oxygen atoms in total. The smallest absolute Gasteiger partial charge is 0.306 e. The second-order valence-corrected chi connectivity index (χ2v) is 4.94. The van der Waals surface area contributed by atoms with E-state index in [4.69, 9.17) is 16.2 Å². The van der Waals surface area contributed by atoms with Gasteiger partial charge in [-0.3, -0.25) is 14.4 Å². The van der Waals surface area contributed by atoms with Gasteiger partial charge in [0.2, 0.25) is 11.8 Å². The zero-order valence-electron chi connectivity index (χ0n) is 12.5. The van der Waals surface area contributed by atoms with Crippen LogP contribution < -0.4 is 16.8 Å². The second-order valence-electron chi connectivity index (χ2n) is 4.94. The number of hydrogen-bond acceptors (Lipinski definition) is 5. The van der Waals surface area contributed by atoms with Crippen molar-refractivity contribution in [2.45, 2.75) is 38.5 Å². The predicted molar refractivity (Wildman–Crippen MR) is 80.2 cm³/mol. The fraction of sp³-hybridized carbons (Fsp3) is 0.400. The number of esters is 1. The minimum atomic E-state index is -0.942. The lowest BCUT2D eigenvalue weighted by Gasteiger charge is -2.16. The van der Waals surface area contributed by atoms with Crippen molar-refractivity contribution in [1.82, 2.24) is 5.32 Å². The van der Waals surface area contributed by atoms with Crippen LogP contribution in [0.1, 0.15) is 25.3 Å². The molecule has 0 fully saturated rings. The van der Waals surface area contributed by atoms with Crippen molar-refractivity contribution in [3.8, 4) is 0 Å². The molecule has 7 heteroatoms. The van der Waals surface area contributed by atoms with E-state index in [2.05, 4.69) is 5.32 Å². The zero-order valence-corrected chi connectivity index (χ0v) is 12.5. The van der Waals surface area contributed by atoms with Crippen LogP contribution >= 0.6 is 0 Å². The normalized spacial score (nSPS) is 13.0. The van der Waals surface area contributed by atoms with Gasteiger partial charge in [-0.1, -0.05) is 30.3 Å². The molecule has 0 saturated heterocycles. The fourth-order valence-electron chi connectivity index (χ4n) is 1.66. The Morgan fingerprint density at radius 1 is 1.23 bits per heavy atom. The van der Waals surface area contributed by atoms with E-state index in [-0.39, 0.29) is 19.4 Å². The number of rotatable bonds is 8. The first-order chi connectivity index (χ1) is 10.4. The van der Waals surface area contributed by atoms with Crippen LogP contribution in [0.2, 0.25) is 0 Å². The highest BCUT2D eigenvalue weighted by Crippen LogP contribution is 2.04. The van der Waals surface area contributed by atoms with Crippen molar-refractivity contribution in [1.29, 1.82) is 0 Å². The molecule has 0 aliphatic heterocycles. The molecule has 0 bridgehead atoms. The number of hydrogen-bond donors (Lipinski definition) is 3. The number of carbonyl (C=O) groups excluding carboxylic acids is 3.